The highest BCUT2D eigenvalue weighted by atomic mass is 32.2. The molecule has 8 heteroatoms. The first-order valence-corrected chi connectivity index (χ1v) is 10.1. The van der Waals surface area contributed by atoms with Crippen LogP contribution < -0.4 is 11.5 Å². The van der Waals surface area contributed by atoms with Crippen LogP contribution in [0.4, 0.5) is 10.3 Å². The van der Waals surface area contributed by atoms with Crippen LogP contribution in [0, 0.1) is 5.82 Å². The lowest BCUT2D eigenvalue weighted by Crippen LogP contribution is -2.40. The highest BCUT2D eigenvalue weighted by Gasteiger charge is 2.39. The van der Waals surface area contributed by atoms with Gasteiger partial charge in [0.1, 0.15) is 10.7 Å². The minimum atomic E-state index is -4.10. The molecule has 28 heavy (non-hydrogen) atoms. The third-order valence-electron chi connectivity index (χ3n) is 4.65. The first kappa shape index (κ1) is 19.9. The van der Waals surface area contributed by atoms with Crippen LogP contribution in [0.1, 0.15) is 13.8 Å². The third kappa shape index (κ3) is 3.36. The Kier molecular flexibility index (Phi) is 5.18. The average molecular weight is 400 g/mol. The molecule has 0 bridgehead atoms. The van der Waals surface area contributed by atoms with Gasteiger partial charge in [-0.3, -0.25) is 0 Å². The summed E-state index contributed by atoms with van der Waals surface area (Å²) in [7, 11) is -4.10. The van der Waals surface area contributed by atoms with Crippen LogP contribution >= 0.6 is 0 Å². The van der Waals surface area contributed by atoms with Crippen molar-refractivity contribution in [3.05, 3.63) is 60.7 Å². The molecular weight excluding hydrogens is 379 g/mol. The zero-order chi connectivity index (χ0) is 20.5. The molecule has 0 atom stereocenters. The van der Waals surface area contributed by atoms with Gasteiger partial charge < -0.3 is 11.5 Å². The van der Waals surface area contributed by atoms with Crippen molar-refractivity contribution in [1.29, 1.82) is 0 Å². The first-order chi connectivity index (χ1) is 13.2. The van der Waals surface area contributed by atoms with Gasteiger partial charge >= 0.3 is 0 Å². The van der Waals surface area contributed by atoms with Crippen molar-refractivity contribution in [2.75, 3.05) is 12.3 Å². The highest BCUT2D eigenvalue weighted by Crippen LogP contribution is 2.39. The fourth-order valence-corrected chi connectivity index (χ4v) is 4.34. The van der Waals surface area contributed by atoms with Gasteiger partial charge in [-0.2, -0.15) is 0 Å². The molecule has 3 aromatic rings. The Morgan fingerprint density at radius 3 is 2.11 bits per heavy atom. The van der Waals surface area contributed by atoms with Gasteiger partial charge in [0.05, 0.1) is 4.75 Å². The number of benzene rings is 2. The zero-order valence-electron chi connectivity index (χ0n) is 15.6. The van der Waals surface area contributed by atoms with Gasteiger partial charge in [0.15, 0.2) is 9.84 Å². The number of hydrogen-bond donors (Lipinski definition) is 2. The standard InChI is InChI=1S/C20H21FN4O2S/c1-20(2,12-22)28(26,27)18-16(13-6-4-3-5-7-13)9-8-15(17(18)21)14-10-24-19(23)25-11-14/h3-11H,12,22H2,1-2H3,(H2,23,24,25). The monoisotopic (exact) mass is 400 g/mol. The molecule has 1 heterocycles. The van der Waals surface area contributed by atoms with E-state index in [1.54, 1.807) is 36.4 Å². The van der Waals surface area contributed by atoms with E-state index in [1.807, 2.05) is 0 Å². The third-order valence-corrected chi connectivity index (χ3v) is 7.21. The van der Waals surface area contributed by atoms with E-state index in [0.717, 1.165) is 0 Å². The van der Waals surface area contributed by atoms with Gasteiger partial charge in [0.2, 0.25) is 5.95 Å². The molecule has 3 rings (SSSR count). The summed E-state index contributed by atoms with van der Waals surface area (Å²) in [5, 5.41) is 0. The summed E-state index contributed by atoms with van der Waals surface area (Å²) in [4.78, 5) is 7.34. The molecule has 2 aromatic carbocycles. The van der Waals surface area contributed by atoms with Crippen LogP contribution in [0.25, 0.3) is 22.3 Å². The predicted molar refractivity (Wildman–Crippen MR) is 108 cm³/mol. The summed E-state index contributed by atoms with van der Waals surface area (Å²) >= 11 is 0. The fourth-order valence-electron chi connectivity index (χ4n) is 2.75. The largest absolute Gasteiger partial charge is 0.368 e. The molecule has 0 unspecified atom stereocenters. The van der Waals surface area contributed by atoms with Crippen LogP contribution in [0.5, 0.6) is 0 Å². The summed E-state index contributed by atoms with van der Waals surface area (Å²) in [5.41, 5.74) is 12.5. The molecule has 0 aliphatic rings. The number of sulfone groups is 1. The predicted octanol–water partition coefficient (Wildman–Crippen LogP) is 3.04. The van der Waals surface area contributed by atoms with E-state index in [1.165, 1.54) is 32.3 Å². The van der Waals surface area contributed by atoms with Crippen LogP contribution in [0.2, 0.25) is 0 Å². The summed E-state index contributed by atoms with van der Waals surface area (Å²) in [5.74, 6) is -0.821. The van der Waals surface area contributed by atoms with Gasteiger partial charge in [-0.15, -0.1) is 0 Å². The summed E-state index contributed by atoms with van der Waals surface area (Å²) in [6.45, 7) is 2.81. The van der Waals surface area contributed by atoms with E-state index >= 15 is 4.39 Å². The van der Waals surface area contributed by atoms with Gasteiger partial charge in [-0.25, -0.2) is 22.8 Å². The molecule has 0 saturated heterocycles. The van der Waals surface area contributed by atoms with Gasteiger partial charge in [-0.1, -0.05) is 42.5 Å². The molecule has 0 saturated carbocycles. The van der Waals surface area contributed by atoms with Crippen LogP contribution in [-0.2, 0) is 9.84 Å². The minimum absolute atomic E-state index is 0.0437. The quantitative estimate of drug-likeness (QED) is 0.681. The van der Waals surface area contributed by atoms with Crippen molar-refractivity contribution < 1.29 is 12.8 Å². The molecule has 0 spiro atoms. The number of nitrogens with zero attached hydrogens (tertiary/aromatic N) is 2. The molecule has 0 aliphatic carbocycles. The molecule has 0 radical (unpaired) electrons. The summed E-state index contributed by atoms with van der Waals surface area (Å²) < 4.78 is 41.0. The average Bonchev–Trinajstić information content (AvgIpc) is 2.69. The van der Waals surface area contributed by atoms with Crippen LogP contribution in [0.3, 0.4) is 0 Å². The van der Waals surface area contributed by atoms with Gasteiger partial charge in [-0.05, 0) is 19.4 Å². The van der Waals surface area contributed by atoms with E-state index in [2.05, 4.69) is 9.97 Å². The second kappa shape index (κ2) is 7.29. The lowest BCUT2D eigenvalue weighted by atomic mass is 10.0. The zero-order valence-corrected chi connectivity index (χ0v) is 16.4. The second-order valence-corrected chi connectivity index (χ2v) is 9.49. The molecule has 6 nitrogen and oxygen atoms in total. The molecule has 146 valence electrons. The Morgan fingerprint density at radius 2 is 1.54 bits per heavy atom. The van der Waals surface area contributed by atoms with E-state index in [-0.39, 0.29) is 28.5 Å². The van der Waals surface area contributed by atoms with Crippen molar-refractivity contribution in [2.45, 2.75) is 23.5 Å². The van der Waals surface area contributed by atoms with Crippen molar-refractivity contribution in [1.82, 2.24) is 9.97 Å². The lowest BCUT2D eigenvalue weighted by Gasteiger charge is -2.25. The second-order valence-electron chi connectivity index (χ2n) is 6.97. The lowest BCUT2D eigenvalue weighted by molar-refractivity contribution is 0.534. The van der Waals surface area contributed by atoms with Crippen LogP contribution in [-0.4, -0.2) is 29.7 Å². The Hall–Kier alpha value is -2.84. The normalized spacial score (nSPS) is 12.1. The highest BCUT2D eigenvalue weighted by molar-refractivity contribution is 7.93. The fraction of sp³-hybridized carbons (Fsp3) is 0.200. The Morgan fingerprint density at radius 1 is 0.964 bits per heavy atom. The number of nitrogen functional groups attached to an aromatic ring is 1. The van der Waals surface area contributed by atoms with E-state index in [0.29, 0.717) is 11.1 Å². The number of hydrogen-bond acceptors (Lipinski definition) is 6. The number of rotatable bonds is 5. The van der Waals surface area contributed by atoms with E-state index in [9.17, 15) is 8.42 Å². The molecule has 1 aromatic heterocycles. The van der Waals surface area contributed by atoms with Crippen molar-refractivity contribution in [2.24, 2.45) is 5.73 Å². The van der Waals surface area contributed by atoms with E-state index < -0.39 is 20.4 Å². The minimum Gasteiger partial charge on any atom is -0.368 e. The molecule has 0 amide bonds. The first-order valence-electron chi connectivity index (χ1n) is 8.59. The Labute approximate surface area is 163 Å². The number of anilines is 1. The molecule has 4 N–H and O–H groups in total. The maximum absolute atomic E-state index is 15.7. The number of aromatic nitrogens is 2. The van der Waals surface area contributed by atoms with Crippen molar-refractivity contribution in [3.63, 3.8) is 0 Å². The van der Waals surface area contributed by atoms with Crippen LogP contribution in [0.15, 0.2) is 59.8 Å². The maximum atomic E-state index is 15.7. The van der Waals surface area contributed by atoms with E-state index in [4.69, 9.17) is 11.5 Å². The maximum Gasteiger partial charge on any atom is 0.219 e. The Bertz CT molecular complexity index is 1100. The summed E-state index contributed by atoms with van der Waals surface area (Å²) in [6, 6.07) is 11.9. The SMILES string of the molecule is CC(C)(CN)S(=O)(=O)c1c(-c2ccccc2)ccc(-c2cnc(N)nc2)c1F. The number of halogens is 1. The molecule has 0 fully saturated rings. The summed E-state index contributed by atoms with van der Waals surface area (Å²) in [6.07, 6.45) is 2.71. The Balaban J connectivity index is 2.35. The molecule has 0 aliphatic heterocycles. The number of nitrogens with two attached hydrogens (primary N) is 2. The van der Waals surface area contributed by atoms with Crippen molar-refractivity contribution in [3.8, 4) is 22.3 Å². The molecular formula is C20H21FN4O2S. The van der Waals surface area contributed by atoms with Gasteiger partial charge in [0, 0.05) is 35.6 Å². The topological polar surface area (TPSA) is 112 Å². The van der Waals surface area contributed by atoms with Crippen molar-refractivity contribution >= 4 is 15.8 Å². The smallest absolute Gasteiger partial charge is 0.219 e. The van der Waals surface area contributed by atoms with Gasteiger partial charge in [0.25, 0.3) is 0 Å².